The van der Waals surface area contributed by atoms with Crippen molar-refractivity contribution in [2.24, 2.45) is 0 Å². The van der Waals surface area contributed by atoms with E-state index in [-0.39, 0.29) is 24.1 Å². The number of nitrogens with one attached hydrogen (secondary N) is 2. The zero-order valence-electron chi connectivity index (χ0n) is 20.1. The van der Waals surface area contributed by atoms with E-state index < -0.39 is 6.04 Å². The molecule has 3 amide bonds. The number of hydrogen-bond acceptors (Lipinski definition) is 3. The molecule has 0 radical (unpaired) electrons. The molecule has 8 heteroatoms. The van der Waals surface area contributed by atoms with Crippen molar-refractivity contribution in [2.75, 3.05) is 16.8 Å². The Bertz CT molecular complexity index is 1280. The molecule has 2 N–H and O–H groups in total. The number of piperidine rings is 1. The number of halogens is 2. The third kappa shape index (κ3) is 6.23. The highest BCUT2D eigenvalue weighted by Gasteiger charge is 2.32. The van der Waals surface area contributed by atoms with E-state index in [2.05, 4.69) is 42.5 Å². The van der Waals surface area contributed by atoms with E-state index in [9.17, 15) is 14.4 Å². The Kier molecular flexibility index (Phi) is 8.26. The first-order valence-electron chi connectivity index (χ1n) is 11.7. The number of aryl methyl sites for hydroxylation is 2. The Morgan fingerprint density at radius 2 is 1.67 bits per heavy atom. The van der Waals surface area contributed by atoms with Crippen LogP contribution in [0.5, 0.6) is 0 Å². The highest BCUT2D eigenvalue weighted by molar-refractivity contribution is 9.10. The van der Waals surface area contributed by atoms with Gasteiger partial charge in [0.1, 0.15) is 6.04 Å². The number of carbonyl (C=O) groups excluding carboxylic acids is 3. The van der Waals surface area contributed by atoms with E-state index in [1.54, 1.807) is 47.4 Å². The third-order valence-corrected chi connectivity index (χ3v) is 7.11. The van der Waals surface area contributed by atoms with E-state index in [0.717, 1.165) is 37.7 Å². The molecule has 1 saturated heterocycles. The quantitative estimate of drug-likeness (QED) is 0.362. The van der Waals surface area contributed by atoms with Gasteiger partial charge in [-0.3, -0.25) is 14.4 Å². The van der Waals surface area contributed by atoms with Crippen molar-refractivity contribution in [3.8, 4) is 0 Å². The predicted molar refractivity (Wildman–Crippen MR) is 149 cm³/mol. The van der Waals surface area contributed by atoms with E-state index in [0.29, 0.717) is 24.2 Å². The number of anilines is 2. The maximum absolute atomic E-state index is 13.2. The maximum atomic E-state index is 13.2. The van der Waals surface area contributed by atoms with Crippen LogP contribution in [0.2, 0.25) is 0 Å². The summed E-state index contributed by atoms with van der Waals surface area (Å²) in [6.07, 6.45) is 1.59. The lowest BCUT2D eigenvalue weighted by molar-refractivity contribution is -0.128. The van der Waals surface area contributed by atoms with Crippen LogP contribution >= 0.6 is 31.9 Å². The van der Waals surface area contributed by atoms with Gasteiger partial charge in [0.25, 0.3) is 5.91 Å². The minimum Gasteiger partial charge on any atom is -0.344 e. The van der Waals surface area contributed by atoms with Crippen molar-refractivity contribution >= 4 is 61.0 Å². The van der Waals surface area contributed by atoms with Crippen LogP contribution in [0.25, 0.3) is 0 Å². The molecule has 3 aromatic carbocycles. The largest absolute Gasteiger partial charge is 0.344 e. The zero-order chi connectivity index (χ0) is 25.8. The number of benzene rings is 3. The number of hydrogen-bond donors (Lipinski definition) is 2. The minimum atomic E-state index is -0.544. The van der Waals surface area contributed by atoms with Gasteiger partial charge < -0.3 is 15.5 Å². The molecule has 186 valence electrons. The summed E-state index contributed by atoms with van der Waals surface area (Å²) in [5, 5.41) is 5.78. The van der Waals surface area contributed by atoms with E-state index in [1.165, 1.54) is 0 Å². The highest BCUT2D eigenvalue weighted by Crippen LogP contribution is 2.31. The molecule has 4 rings (SSSR count). The number of carbonyl (C=O) groups is 3. The lowest BCUT2D eigenvalue weighted by Crippen LogP contribution is -2.53. The normalized spacial score (nSPS) is 15.5. The first-order valence-corrected chi connectivity index (χ1v) is 13.3. The fourth-order valence-electron chi connectivity index (χ4n) is 4.53. The van der Waals surface area contributed by atoms with Gasteiger partial charge in [-0.15, -0.1) is 0 Å². The number of nitrogens with zero attached hydrogens (tertiary/aromatic N) is 1. The molecule has 1 heterocycles. The summed E-state index contributed by atoms with van der Waals surface area (Å²) in [4.78, 5) is 40.2. The average Bonchev–Trinajstić information content (AvgIpc) is 2.82. The molecule has 0 bridgehead atoms. The third-order valence-electron chi connectivity index (χ3n) is 6.16. The Morgan fingerprint density at radius 1 is 0.972 bits per heavy atom. The second kappa shape index (κ2) is 11.4. The van der Waals surface area contributed by atoms with Crippen LogP contribution in [0.4, 0.5) is 11.4 Å². The second-order valence-corrected chi connectivity index (χ2v) is 10.8. The van der Waals surface area contributed by atoms with Crippen LogP contribution < -0.4 is 15.5 Å². The molecular weight excluding hydrogens is 586 g/mol. The van der Waals surface area contributed by atoms with Crippen molar-refractivity contribution in [1.29, 1.82) is 0 Å². The Morgan fingerprint density at radius 3 is 2.33 bits per heavy atom. The summed E-state index contributed by atoms with van der Waals surface area (Å²) in [5.74, 6) is -0.488. The topological polar surface area (TPSA) is 78.5 Å². The second-order valence-electron chi connectivity index (χ2n) is 8.98. The van der Waals surface area contributed by atoms with Crippen LogP contribution in [-0.4, -0.2) is 30.3 Å². The van der Waals surface area contributed by atoms with E-state index in [1.807, 2.05) is 32.0 Å². The van der Waals surface area contributed by atoms with Crippen molar-refractivity contribution in [3.63, 3.8) is 0 Å². The number of amides is 3. The molecule has 1 fully saturated rings. The van der Waals surface area contributed by atoms with Crippen LogP contribution in [0.1, 0.15) is 39.9 Å². The lowest BCUT2D eigenvalue weighted by Gasteiger charge is -2.34. The van der Waals surface area contributed by atoms with Crippen molar-refractivity contribution in [1.82, 2.24) is 5.32 Å². The molecule has 0 saturated carbocycles. The SMILES string of the molecule is Cc1cc(Br)cc(C)c1N1CCCC(NC(=O)Cc2ccc(NC(=O)c3cccc(Br)c3)cc2)C1=O. The van der Waals surface area contributed by atoms with E-state index in [4.69, 9.17) is 0 Å². The molecule has 0 spiro atoms. The fraction of sp³-hybridized carbons (Fsp3) is 0.250. The summed E-state index contributed by atoms with van der Waals surface area (Å²) in [7, 11) is 0. The van der Waals surface area contributed by atoms with Gasteiger partial charge >= 0.3 is 0 Å². The molecule has 36 heavy (non-hydrogen) atoms. The van der Waals surface area contributed by atoms with Crippen LogP contribution in [0, 0.1) is 13.8 Å². The van der Waals surface area contributed by atoms with Gasteiger partial charge in [-0.2, -0.15) is 0 Å². The van der Waals surface area contributed by atoms with Gasteiger partial charge in [-0.25, -0.2) is 0 Å². The Hall–Kier alpha value is -2.97. The van der Waals surface area contributed by atoms with Gasteiger partial charge in [-0.1, -0.05) is 50.1 Å². The lowest BCUT2D eigenvalue weighted by atomic mass is 10.00. The predicted octanol–water partition coefficient (Wildman–Crippen LogP) is 5.94. The summed E-state index contributed by atoms with van der Waals surface area (Å²) in [6.45, 7) is 4.63. The molecule has 0 aliphatic carbocycles. The van der Waals surface area contributed by atoms with Gasteiger partial charge in [0.15, 0.2) is 0 Å². The first-order chi connectivity index (χ1) is 17.2. The molecular formula is C28H27Br2N3O3. The standard InChI is InChI=1S/C28H27Br2N3O3/c1-17-13-22(30)14-18(2)26(17)33-12-4-7-24(28(33)36)32-25(34)15-19-8-10-23(11-9-19)31-27(35)20-5-3-6-21(29)16-20/h3,5-6,8-11,13-14,16,24H,4,7,12,15H2,1-2H3,(H,31,35)(H,32,34). The first kappa shape index (κ1) is 26.1. The molecule has 1 aliphatic rings. The van der Waals surface area contributed by atoms with Gasteiger partial charge in [0.05, 0.1) is 6.42 Å². The van der Waals surface area contributed by atoms with Crippen LogP contribution in [0.15, 0.2) is 69.6 Å². The Labute approximate surface area is 227 Å². The highest BCUT2D eigenvalue weighted by atomic mass is 79.9. The van der Waals surface area contributed by atoms with Crippen LogP contribution in [-0.2, 0) is 16.0 Å². The molecule has 6 nitrogen and oxygen atoms in total. The molecule has 1 atom stereocenters. The molecule has 1 aliphatic heterocycles. The van der Waals surface area contributed by atoms with Crippen molar-refractivity contribution in [2.45, 2.75) is 39.2 Å². The van der Waals surface area contributed by atoms with Gasteiger partial charge in [-0.05, 0) is 85.8 Å². The fourth-order valence-corrected chi connectivity index (χ4v) is 5.62. The summed E-state index contributed by atoms with van der Waals surface area (Å²) in [6, 6.07) is 17.8. The molecule has 3 aromatic rings. The monoisotopic (exact) mass is 611 g/mol. The van der Waals surface area contributed by atoms with Crippen molar-refractivity contribution < 1.29 is 14.4 Å². The summed E-state index contributed by atoms with van der Waals surface area (Å²) < 4.78 is 1.81. The van der Waals surface area contributed by atoms with Gasteiger partial charge in [0, 0.05) is 32.4 Å². The molecule has 1 unspecified atom stereocenters. The van der Waals surface area contributed by atoms with E-state index >= 15 is 0 Å². The Balaban J connectivity index is 1.36. The smallest absolute Gasteiger partial charge is 0.255 e. The van der Waals surface area contributed by atoms with Crippen molar-refractivity contribution in [3.05, 3.63) is 91.9 Å². The molecule has 0 aromatic heterocycles. The summed E-state index contributed by atoms with van der Waals surface area (Å²) in [5.41, 5.74) is 4.95. The maximum Gasteiger partial charge on any atom is 0.255 e. The minimum absolute atomic E-state index is 0.0752. The summed E-state index contributed by atoms with van der Waals surface area (Å²) >= 11 is 6.88. The average molecular weight is 613 g/mol. The van der Waals surface area contributed by atoms with Gasteiger partial charge in [0.2, 0.25) is 11.8 Å². The zero-order valence-corrected chi connectivity index (χ0v) is 23.3. The number of rotatable bonds is 6. The van der Waals surface area contributed by atoms with Crippen LogP contribution in [0.3, 0.4) is 0 Å².